The van der Waals surface area contributed by atoms with E-state index in [9.17, 15) is 14.3 Å². The molecule has 3 rings (SSSR count). The van der Waals surface area contributed by atoms with E-state index in [1.165, 1.54) is 12.1 Å². The van der Waals surface area contributed by atoms with Gasteiger partial charge in [-0.1, -0.05) is 35.9 Å². The van der Waals surface area contributed by atoms with Gasteiger partial charge in [-0.15, -0.1) is 0 Å². The quantitative estimate of drug-likeness (QED) is 0.765. The number of para-hydroxylation sites is 1. The minimum Gasteiger partial charge on any atom is -0.448 e. The van der Waals surface area contributed by atoms with Gasteiger partial charge in [-0.3, -0.25) is 4.79 Å². The second-order valence-corrected chi connectivity index (χ2v) is 5.48. The Morgan fingerprint density at radius 2 is 2.00 bits per heavy atom. The molecule has 0 spiro atoms. The van der Waals surface area contributed by atoms with Crippen LogP contribution in [0.5, 0.6) is 0 Å². The van der Waals surface area contributed by atoms with Crippen molar-refractivity contribution in [1.82, 2.24) is 5.32 Å². The molecule has 0 fully saturated rings. The predicted molar refractivity (Wildman–Crippen MR) is 84.9 cm³/mol. The second-order valence-electron chi connectivity index (χ2n) is 5.05. The Balaban J connectivity index is 1.68. The number of nitrogens with one attached hydrogen (secondary N) is 1. The van der Waals surface area contributed by atoms with Crippen LogP contribution < -0.4 is 5.32 Å². The van der Waals surface area contributed by atoms with Gasteiger partial charge in [-0.25, -0.2) is 4.39 Å². The van der Waals surface area contributed by atoms with E-state index < -0.39 is 17.8 Å². The number of aliphatic hydroxyl groups excluding tert-OH is 1. The van der Waals surface area contributed by atoms with Crippen LogP contribution in [0.2, 0.25) is 5.02 Å². The fraction of sp³-hybridized carbons (Fsp3) is 0.118. The van der Waals surface area contributed by atoms with E-state index in [4.69, 9.17) is 16.0 Å². The topological polar surface area (TPSA) is 62.5 Å². The maximum Gasteiger partial charge on any atom is 0.287 e. The lowest BCUT2D eigenvalue weighted by Crippen LogP contribution is -2.28. The van der Waals surface area contributed by atoms with E-state index in [0.717, 1.165) is 0 Å². The molecule has 0 radical (unpaired) electrons. The van der Waals surface area contributed by atoms with E-state index in [1.54, 1.807) is 36.4 Å². The molecule has 2 aromatic carbocycles. The Labute approximate surface area is 136 Å². The van der Waals surface area contributed by atoms with Gasteiger partial charge in [0.15, 0.2) is 17.2 Å². The molecule has 3 aromatic rings. The Kier molecular flexibility index (Phi) is 4.32. The van der Waals surface area contributed by atoms with Crippen LogP contribution >= 0.6 is 11.6 Å². The second kappa shape index (κ2) is 6.40. The van der Waals surface area contributed by atoms with Gasteiger partial charge in [-0.05, 0) is 29.8 Å². The number of fused-ring (bicyclic) bond motifs is 1. The number of amides is 1. The molecule has 1 atom stereocenters. The third-order valence-electron chi connectivity index (χ3n) is 3.43. The minimum atomic E-state index is -0.877. The van der Waals surface area contributed by atoms with Crippen molar-refractivity contribution in [3.05, 3.63) is 70.7 Å². The maximum atomic E-state index is 13.6. The summed E-state index contributed by atoms with van der Waals surface area (Å²) >= 11 is 5.78. The number of hydrogen-bond acceptors (Lipinski definition) is 3. The maximum absolute atomic E-state index is 13.6. The van der Waals surface area contributed by atoms with Gasteiger partial charge in [0, 0.05) is 17.0 Å². The summed E-state index contributed by atoms with van der Waals surface area (Å²) in [5.74, 6) is -1.05. The molecule has 2 N–H and O–H groups in total. The number of carbonyl (C=O) groups is 1. The average Bonchev–Trinajstić information content (AvgIpc) is 2.99. The Bertz CT molecular complexity index is 845. The monoisotopic (exact) mass is 333 g/mol. The highest BCUT2D eigenvalue weighted by Crippen LogP contribution is 2.22. The molecule has 23 heavy (non-hydrogen) atoms. The SMILES string of the molecule is O=C(NCC(O)c1ccc(Cl)cc1)c1cc2cccc(F)c2o1. The van der Waals surface area contributed by atoms with Gasteiger partial charge in [0.05, 0.1) is 6.10 Å². The number of carbonyl (C=O) groups excluding carboxylic acids is 1. The lowest BCUT2D eigenvalue weighted by atomic mass is 10.1. The molecular weight excluding hydrogens is 321 g/mol. The highest BCUT2D eigenvalue weighted by atomic mass is 35.5. The van der Waals surface area contributed by atoms with Gasteiger partial charge < -0.3 is 14.8 Å². The summed E-state index contributed by atoms with van der Waals surface area (Å²) in [6.07, 6.45) is -0.877. The zero-order valence-electron chi connectivity index (χ0n) is 11.9. The predicted octanol–water partition coefficient (Wildman–Crippen LogP) is 3.69. The van der Waals surface area contributed by atoms with Gasteiger partial charge >= 0.3 is 0 Å². The molecular formula is C17H13ClFNO3. The van der Waals surface area contributed by atoms with Crippen molar-refractivity contribution in [3.8, 4) is 0 Å². The molecule has 1 heterocycles. The van der Waals surface area contributed by atoms with Gasteiger partial charge in [-0.2, -0.15) is 0 Å². The Morgan fingerprint density at radius 1 is 1.26 bits per heavy atom. The van der Waals surface area contributed by atoms with Crippen LogP contribution in [0.15, 0.2) is 52.9 Å². The molecule has 118 valence electrons. The standard InChI is InChI=1S/C17H13ClFNO3/c18-12-6-4-10(5-7-12)14(21)9-20-17(22)15-8-11-2-1-3-13(19)16(11)23-15/h1-8,14,21H,9H2,(H,20,22). The molecule has 6 heteroatoms. The van der Waals surface area contributed by atoms with Crippen molar-refractivity contribution >= 4 is 28.5 Å². The number of rotatable bonds is 4. The van der Waals surface area contributed by atoms with E-state index >= 15 is 0 Å². The molecule has 0 aliphatic rings. The first kappa shape index (κ1) is 15.5. The van der Waals surface area contributed by atoms with Gasteiger partial charge in [0.25, 0.3) is 5.91 Å². The average molecular weight is 334 g/mol. The van der Waals surface area contributed by atoms with Crippen LogP contribution in [0.4, 0.5) is 4.39 Å². The molecule has 0 bridgehead atoms. The molecule has 4 nitrogen and oxygen atoms in total. The lowest BCUT2D eigenvalue weighted by Gasteiger charge is -2.11. The third-order valence-corrected chi connectivity index (χ3v) is 3.68. The molecule has 0 aliphatic heterocycles. The van der Waals surface area contributed by atoms with E-state index in [0.29, 0.717) is 16.0 Å². The summed E-state index contributed by atoms with van der Waals surface area (Å²) in [6.45, 7) is -0.00000685. The molecule has 1 amide bonds. The molecule has 0 saturated carbocycles. The number of aliphatic hydroxyl groups is 1. The zero-order chi connectivity index (χ0) is 16.4. The molecule has 1 unspecified atom stereocenters. The summed E-state index contributed by atoms with van der Waals surface area (Å²) in [5, 5.41) is 13.7. The molecule has 1 aromatic heterocycles. The van der Waals surface area contributed by atoms with Crippen molar-refractivity contribution in [1.29, 1.82) is 0 Å². The minimum absolute atomic E-state index is 0.00000685. The number of furan rings is 1. The van der Waals surface area contributed by atoms with Crippen molar-refractivity contribution in [3.63, 3.8) is 0 Å². The first-order valence-electron chi connectivity index (χ1n) is 6.94. The lowest BCUT2D eigenvalue weighted by molar-refractivity contribution is 0.0891. The van der Waals surface area contributed by atoms with Gasteiger partial charge in [0.1, 0.15) is 0 Å². The van der Waals surface area contributed by atoms with Crippen molar-refractivity contribution < 1.29 is 18.7 Å². The van der Waals surface area contributed by atoms with Crippen LogP contribution in [0.3, 0.4) is 0 Å². The smallest absolute Gasteiger partial charge is 0.287 e. The normalized spacial score (nSPS) is 12.3. The fourth-order valence-electron chi connectivity index (χ4n) is 2.22. The van der Waals surface area contributed by atoms with Crippen molar-refractivity contribution in [2.24, 2.45) is 0 Å². The third kappa shape index (κ3) is 3.36. The Hall–Kier alpha value is -2.37. The van der Waals surface area contributed by atoms with E-state index in [2.05, 4.69) is 5.32 Å². The number of benzene rings is 2. The van der Waals surface area contributed by atoms with Crippen LogP contribution in [0.1, 0.15) is 22.2 Å². The highest BCUT2D eigenvalue weighted by Gasteiger charge is 2.16. The summed E-state index contributed by atoms with van der Waals surface area (Å²) in [7, 11) is 0. The number of hydrogen-bond donors (Lipinski definition) is 2. The molecule has 0 saturated heterocycles. The van der Waals surface area contributed by atoms with Crippen LogP contribution in [0, 0.1) is 5.82 Å². The first-order chi connectivity index (χ1) is 11.0. The first-order valence-corrected chi connectivity index (χ1v) is 7.32. The Morgan fingerprint density at radius 3 is 2.70 bits per heavy atom. The molecule has 0 aliphatic carbocycles. The van der Waals surface area contributed by atoms with E-state index in [-0.39, 0.29) is 17.9 Å². The van der Waals surface area contributed by atoms with E-state index in [1.807, 2.05) is 0 Å². The van der Waals surface area contributed by atoms with Crippen molar-refractivity contribution in [2.45, 2.75) is 6.10 Å². The summed E-state index contributed by atoms with van der Waals surface area (Å²) in [5.41, 5.74) is 0.668. The highest BCUT2D eigenvalue weighted by molar-refractivity contribution is 6.30. The van der Waals surface area contributed by atoms with Crippen molar-refractivity contribution in [2.75, 3.05) is 6.54 Å². The fourth-order valence-corrected chi connectivity index (χ4v) is 2.34. The summed E-state index contributed by atoms with van der Waals surface area (Å²) < 4.78 is 18.8. The van der Waals surface area contributed by atoms with Crippen LogP contribution in [0.25, 0.3) is 11.0 Å². The zero-order valence-corrected chi connectivity index (χ0v) is 12.7. The summed E-state index contributed by atoms with van der Waals surface area (Å²) in [6, 6.07) is 12.6. The van der Waals surface area contributed by atoms with Gasteiger partial charge in [0.2, 0.25) is 0 Å². The van der Waals surface area contributed by atoms with Crippen LogP contribution in [-0.2, 0) is 0 Å². The largest absolute Gasteiger partial charge is 0.448 e. The number of halogens is 2. The van der Waals surface area contributed by atoms with Crippen LogP contribution in [-0.4, -0.2) is 17.6 Å². The summed E-state index contributed by atoms with van der Waals surface area (Å²) in [4.78, 5) is 12.1.